The van der Waals surface area contributed by atoms with Crippen LogP contribution in [0.25, 0.3) is 10.9 Å². The summed E-state index contributed by atoms with van der Waals surface area (Å²) in [6.07, 6.45) is 2.00. The van der Waals surface area contributed by atoms with Crippen molar-refractivity contribution in [2.24, 2.45) is 0 Å². The molecule has 0 spiro atoms. The number of aryl methyl sites for hydroxylation is 1. The Kier molecular flexibility index (Phi) is 4.18. The molecule has 0 aliphatic heterocycles. The number of halogens is 1. The number of carbonyl (C=O) groups excluding carboxylic acids is 1. The second kappa shape index (κ2) is 6.03. The first-order chi connectivity index (χ1) is 11.4. The summed E-state index contributed by atoms with van der Waals surface area (Å²) in [6, 6.07) is 7.89. The second-order valence-electron chi connectivity index (χ2n) is 5.15. The number of aromatic nitrogens is 2. The third-order valence-corrected chi connectivity index (χ3v) is 5.99. The van der Waals surface area contributed by atoms with Gasteiger partial charge in [0, 0.05) is 16.1 Å². The number of benzene rings is 1. The molecule has 8 heteroatoms. The van der Waals surface area contributed by atoms with Crippen LogP contribution in [-0.2, 0) is 10.0 Å². The molecular formula is C16H13BrN2O4S. The Balaban J connectivity index is 2.42. The molecule has 1 aromatic carbocycles. The normalized spacial score (nSPS) is 11.6. The van der Waals surface area contributed by atoms with Crippen molar-refractivity contribution in [3.63, 3.8) is 0 Å². The smallest absolute Gasteiger partial charge is 0.268 e. The van der Waals surface area contributed by atoms with Gasteiger partial charge in [0.1, 0.15) is 5.52 Å². The molecule has 0 aliphatic rings. The van der Waals surface area contributed by atoms with E-state index in [1.54, 1.807) is 12.1 Å². The molecule has 0 radical (unpaired) electrons. The summed E-state index contributed by atoms with van der Waals surface area (Å²) in [4.78, 5) is 15.6. The topological polar surface area (TPSA) is 78.3 Å². The van der Waals surface area contributed by atoms with Gasteiger partial charge >= 0.3 is 0 Å². The highest BCUT2D eigenvalue weighted by Gasteiger charge is 2.26. The van der Waals surface area contributed by atoms with Gasteiger partial charge in [0.2, 0.25) is 5.88 Å². The van der Waals surface area contributed by atoms with Crippen LogP contribution in [0.15, 0.2) is 45.9 Å². The van der Waals surface area contributed by atoms with Crippen LogP contribution in [0.5, 0.6) is 5.88 Å². The second-order valence-corrected chi connectivity index (χ2v) is 7.79. The summed E-state index contributed by atoms with van der Waals surface area (Å²) >= 11 is 3.33. The molecule has 3 aromatic rings. The monoisotopic (exact) mass is 408 g/mol. The molecule has 0 atom stereocenters. The highest BCUT2D eigenvalue weighted by molar-refractivity contribution is 9.10. The number of nitrogens with zero attached hydrogens (tertiary/aromatic N) is 2. The van der Waals surface area contributed by atoms with Crippen molar-refractivity contribution >= 4 is 43.1 Å². The van der Waals surface area contributed by atoms with E-state index in [9.17, 15) is 13.2 Å². The molecule has 0 fully saturated rings. The number of rotatable bonds is 4. The van der Waals surface area contributed by atoms with Crippen LogP contribution in [0.2, 0.25) is 0 Å². The first kappa shape index (κ1) is 16.7. The van der Waals surface area contributed by atoms with E-state index >= 15 is 0 Å². The summed E-state index contributed by atoms with van der Waals surface area (Å²) in [5.74, 6) is 0.122. The molecule has 0 saturated carbocycles. The van der Waals surface area contributed by atoms with Crippen molar-refractivity contribution in [1.82, 2.24) is 8.96 Å². The van der Waals surface area contributed by atoms with Crippen LogP contribution in [-0.4, -0.2) is 30.8 Å². The van der Waals surface area contributed by atoms with Gasteiger partial charge in [0.05, 0.1) is 17.7 Å². The highest BCUT2D eigenvalue weighted by Crippen LogP contribution is 2.34. The fraction of sp³-hybridized carbons (Fsp3) is 0.125. The maximum Gasteiger partial charge on any atom is 0.268 e. The molecule has 124 valence electrons. The zero-order valence-electron chi connectivity index (χ0n) is 12.9. The van der Waals surface area contributed by atoms with Gasteiger partial charge in [-0.15, -0.1) is 0 Å². The number of hydrogen-bond donors (Lipinski definition) is 0. The van der Waals surface area contributed by atoms with Crippen molar-refractivity contribution in [1.29, 1.82) is 0 Å². The van der Waals surface area contributed by atoms with Gasteiger partial charge in [-0.3, -0.25) is 4.79 Å². The highest BCUT2D eigenvalue weighted by atomic mass is 79.9. The fourth-order valence-corrected chi connectivity index (χ4v) is 4.33. The summed E-state index contributed by atoms with van der Waals surface area (Å²) < 4.78 is 32.9. The van der Waals surface area contributed by atoms with E-state index in [1.165, 1.54) is 31.5 Å². The molecule has 0 aliphatic carbocycles. The number of hydrogen-bond acceptors (Lipinski definition) is 5. The lowest BCUT2D eigenvalue weighted by atomic mass is 10.2. The Morgan fingerprint density at radius 2 is 1.92 bits per heavy atom. The maximum absolute atomic E-state index is 13.1. The summed E-state index contributed by atoms with van der Waals surface area (Å²) in [7, 11) is -2.59. The lowest BCUT2D eigenvalue weighted by Crippen LogP contribution is -2.16. The summed E-state index contributed by atoms with van der Waals surface area (Å²) in [5.41, 5.74) is 1.15. The quantitative estimate of drug-likeness (QED) is 0.619. The minimum Gasteiger partial charge on any atom is -0.479 e. The molecule has 6 nitrogen and oxygen atoms in total. The average Bonchev–Trinajstić information content (AvgIpc) is 2.97. The van der Waals surface area contributed by atoms with Gasteiger partial charge in [-0.1, -0.05) is 17.7 Å². The van der Waals surface area contributed by atoms with Crippen LogP contribution in [0.3, 0.4) is 0 Å². The summed E-state index contributed by atoms with van der Waals surface area (Å²) in [5, 5.41) is 0.527. The van der Waals surface area contributed by atoms with Crippen LogP contribution in [0.1, 0.15) is 16.1 Å². The van der Waals surface area contributed by atoms with Crippen molar-refractivity contribution in [2.75, 3.05) is 7.11 Å². The maximum atomic E-state index is 13.1. The first-order valence-electron chi connectivity index (χ1n) is 6.91. The molecule has 3 rings (SSSR count). The lowest BCUT2D eigenvalue weighted by molar-refractivity contribution is 0.111. The first-order valence-corrected chi connectivity index (χ1v) is 9.15. The van der Waals surface area contributed by atoms with Gasteiger partial charge in [0.15, 0.2) is 6.29 Å². The third kappa shape index (κ3) is 2.51. The number of pyridine rings is 1. The Labute approximate surface area is 147 Å². The largest absolute Gasteiger partial charge is 0.479 e. The lowest BCUT2D eigenvalue weighted by Gasteiger charge is -2.11. The van der Waals surface area contributed by atoms with Gasteiger partial charge in [0.25, 0.3) is 10.0 Å². The Morgan fingerprint density at radius 1 is 1.25 bits per heavy atom. The average molecular weight is 409 g/mol. The molecule has 24 heavy (non-hydrogen) atoms. The molecular weight excluding hydrogens is 396 g/mol. The van der Waals surface area contributed by atoms with E-state index < -0.39 is 10.0 Å². The molecule has 2 heterocycles. The minimum absolute atomic E-state index is 0.00225. The molecule has 0 bridgehead atoms. The number of carbonyl (C=O) groups is 1. The fourth-order valence-electron chi connectivity index (χ4n) is 2.45. The Bertz CT molecular complexity index is 1040. The molecule has 0 saturated heterocycles. The molecule has 0 N–H and O–H groups in total. The van der Waals surface area contributed by atoms with Crippen LogP contribution >= 0.6 is 15.9 Å². The summed E-state index contributed by atoms with van der Waals surface area (Å²) in [6.45, 7) is 1.86. The number of fused-ring (bicyclic) bond motifs is 1. The van der Waals surface area contributed by atoms with Crippen molar-refractivity contribution in [2.45, 2.75) is 11.8 Å². The minimum atomic E-state index is -3.99. The van der Waals surface area contributed by atoms with Gasteiger partial charge in [-0.2, -0.15) is 0 Å². The van der Waals surface area contributed by atoms with Crippen LogP contribution in [0, 0.1) is 6.92 Å². The van der Waals surface area contributed by atoms with Crippen molar-refractivity contribution in [3.8, 4) is 5.88 Å². The number of ether oxygens (including phenoxy) is 1. The van der Waals surface area contributed by atoms with E-state index in [1.807, 2.05) is 6.92 Å². The van der Waals surface area contributed by atoms with E-state index in [-0.39, 0.29) is 22.0 Å². The van der Waals surface area contributed by atoms with E-state index in [0.29, 0.717) is 16.1 Å². The van der Waals surface area contributed by atoms with Crippen LogP contribution in [0.4, 0.5) is 0 Å². The molecule has 0 amide bonds. The Hall–Kier alpha value is -2.19. The van der Waals surface area contributed by atoms with E-state index in [4.69, 9.17) is 4.74 Å². The Morgan fingerprint density at radius 3 is 2.50 bits per heavy atom. The van der Waals surface area contributed by atoms with Gasteiger partial charge in [-0.05, 0) is 41.1 Å². The van der Waals surface area contributed by atoms with Gasteiger partial charge < -0.3 is 4.74 Å². The van der Waals surface area contributed by atoms with Crippen LogP contribution < -0.4 is 4.74 Å². The molecule has 0 unspecified atom stereocenters. The predicted octanol–water partition coefficient (Wildman–Crippen LogP) is 3.17. The van der Waals surface area contributed by atoms with E-state index in [2.05, 4.69) is 20.9 Å². The molecule has 2 aromatic heterocycles. The van der Waals surface area contributed by atoms with Gasteiger partial charge in [-0.25, -0.2) is 17.4 Å². The zero-order chi connectivity index (χ0) is 17.5. The van der Waals surface area contributed by atoms with E-state index in [0.717, 1.165) is 9.54 Å². The SMILES string of the molecule is COc1ncc(Br)c2cc(C=O)n(S(=O)(=O)c3ccc(C)cc3)c12. The number of methoxy groups -OCH3 is 1. The predicted molar refractivity (Wildman–Crippen MR) is 93.1 cm³/mol. The zero-order valence-corrected chi connectivity index (χ0v) is 15.3. The number of aldehydes is 1. The standard InChI is InChI=1S/C16H13BrN2O4S/c1-10-3-5-12(6-4-10)24(21,22)19-11(9-20)7-13-14(17)8-18-16(23-2)15(13)19/h3-9H,1-2H3. The third-order valence-electron chi connectivity index (χ3n) is 3.61. The van der Waals surface area contributed by atoms with Crippen molar-refractivity contribution in [3.05, 3.63) is 52.3 Å². The van der Waals surface area contributed by atoms with Crippen molar-refractivity contribution < 1.29 is 17.9 Å².